The Bertz CT molecular complexity index is 833. The van der Waals surface area contributed by atoms with Crippen LogP contribution in [0.15, 0.2) is 27.4 Å². The van der Waals surface area contributed by atoms with Gasteiger partial charge in [-0.1, -0.05) is 0 Å². The van der Waals surface area contributed by atoms with Crippen LogP contribution in [0.4, 0.5) is 0 Å². The van der Waals surface area contributed by atoms with Crippen molar-refractivity contribution in [3.05, 3.63) is 34.2 Å². The molecule has 2 heterocycles. The molecule has 1 aromatic heterocycles. The highest BCUT2D eigenvalue weighted by molar-refractivity contribution is 5.87. The lowest BCUT2D eigenvalue weighted by atomic mass is 9.96. The van der Waals surface area contributed by atoms with Crippen LogP contribution in [-0.2, 0) is 16.0 Å². The number of hydrogen-bond acceptors (Lipinski definition) is 6. The first-order valence-corrected chi connectivity index (χ1v) is 7.32. The van der Waals surface area contributed by atoms with E-state index in [1.807, 2.05) is 6.07 Å². The van der Waals surface area contributed by atoms with Crippen molar-refractivity contribution >= 4 is 16.9 Å². The molecule has 6 heteroatoms. The molecule has 1 atom stereocenters. The van der Waals surface area contributed by atoms with Gasteiger partial charge >= 0.3 is 11.6 Å². The third-order valence-electron chi connectivity index (χ3n) is 3.95. The van der Waals surface area contributed by atoms with Crippen LogP contribution in [-0.4, -0.2) is 24.8 Å². The van der Waals surface area contributed by atoms with Crippen LogP contribution in [0.2, 0.25) is 0 Å². The lowest BCUT2D eigenvalue weighted by molar-refractivity contribution is -0.161. The fourth-order valence-electron chi connectivity index (χ4n) is 2.89. The molecule has 23 heavy (non-hydrogen) atoms. The van der Waals surface area contributed by atoms with Gasteiger partial charge in [-0.2, -0.15) is 0 Å². The van der Waals surface area contributed by atoms with Crippen LogP contribution in [0.25, 0.3) is 11.0 Å². The molecule has 122 valence electrons. The van der Waals surface area contributed by atoms with E-state index < -0.39 is 11.2 Å². The van der Waals surface area contributed by atoms with Crippen molar-refractivity contribution in [1.82, 2.24) is 0 Å². The van der Waals surface area contributed by atoms with Crippen LogP contribution in [0.1, 0.15) is 26.3 Å². The van der Waals surface area contributed by atoms with E-state index in [1.54, 1.807) is 19.9 Å². The predicted octanol–water partition coefficient (Wildman–Crippen LogP) is 2.45. The number of esters is 1. The summed E-state index contributed by atoms with van der Waals surface area (Å²) in [6.07, 6.45) is 0.222. The van der Waals surface area contributed by atoms with Crippen LogP contribution in [0, 0.1) is 0 Å². The van der Waals surface area contributed by atoms with E-state index in [0.29, 0.717) is 23.5 Å². The number of hydrogen-bond donors (Lipinski definition) is 0. The zero-order valence-electron chi connectivity index (χ0n) is 13.5. The topological polar surface area (TPSA) is 75.0 Å². The summed E-state index contributed by atoms with van der Waals surface area (Å²) in [7, 11) is 1.50. The minimum absolute atomic E-state index is 0.348. The Morgan fingerprint density at radius 1 is 1.35 bits per heavy atom. The Morgan fingerprint density at radius 3 is 2.74 bits per heavy atom. The Kier molecular flexibility index (Phi) is 3.55. The van der Waals surface area contributed by atoms with Crippen molar-refractivity contribution in [2.75, 3.05) is 7.11 Å². The SMILES string of the molecule is COc1c2c(cc3ccc(=O)oc13)C[C@@H](C(C)(C)OC(C)=O)O2. The average Bonchev–Trinajstić information content (AvgIpc) is 2.88. The molecule has 1 aliphatic heterocycles. The summed E-state index contributed by atoms with van der Waals surface area (Å²) in [5, 5.41) is 0.759. The maximum atomic E-state index is 11.5. The van der Waals surface area contributed by atoms with Gasteiger partial charge in [0.05, 0.1) is 7.11 Å². The van der Waals surface area contributed by atoms with Gasteiger partial charge in [-0.15, -0.1) is 0 Å². The summed E-state index contributed by atoms with van der Waals surface area (Å²) in [6.45, 7) is 4.97. The van der Waals surface area contributed by atoms with Crippen molar-refractivity contribution in [1.29, 1.82) is 0 Å². The molecule has 0 unspecified atom stereocenters. The maximum absolute atomic E-state index is 11.5. The highest BCUT2D eigenvalue weighted by atomic mass is 16.6. The standard InChI is InChI=1S/C17H18O6/c1-9(18)23-17(2,3)12-8-11-7-10-5-6-13(19)22-14(10)16(20-4)15(11)21-12/h5-7,12H,8H2,1-4H3/t12-/m0/s1. The highest BCUT2D eigenvalue weighted by Gasteiger charge is 2.41. The van der Waals surface area contributed by atoms with Gasteiger partial charge in [0, 0.05) is 30.4 Å². The average molecular weight is 318 g/mol. The molecule has 6 nitrogen and oxygen atoms in total. The Balaban J connectivity index is 2.07. The lowest BCUT2D eigenvalue weighted by Gasteiger charge is -2.30. The van der Waals surface area contributed by atoms with Crippen LogP contribution < -0.4 is 15.1 Å². The molecule has 0 fully saturated rings. The molecule has 0 saturated heterocycles. The number of benzene rings is 1. The summed E-state index contributed by atoms with van der Waals surface area (Å²) in [5.41, 5.74) is 0.0340. The van der Waals surface area contributed by atoms with E-state index in [-0.39, 0.29) is 12.1 Å². The monoisotopic (exact) mass is 318 g/mol. The van der Waals surface area contributed by atoms with Gasteiger partial charge in [0.1, 0.15) is 11.7 Å². The quantitative estimate of drug-likeness (QED) is 0.639. The maximum Gasteiger partial charge on any atom is 0.336 e. The second-order valence-electron chi connectivity index (χ2n) is 6.08. The second kappa shape index (κ2) is 5.30. The first kappa shape index (κ1) is 15.4. The third kappa shape index (κ3) is 2.65. The minimum atomic E-state index is -0.789. The lowest BCUT2D eigenvalue weighted by Crippen LogP contribution is -2.43. The zero-order chi connectivity index (χ0) is 16.8. The van der Waals surface area contributed by atoms with Gasteiger partial charge in [0.25, 0.3) is 0 Å². The number of carbonyl (C=O) groups excluding carboxylic acids is 1. The highest BCUT2D eigenvalue weighted by Crippen LogP contribution is 2.45. The normalized spacial score (nSPS) is 16.8. The van der Waals surface area contributed by atoms with Crippen molar-refractivity contribution in [2.24, 2.45) is 0 Å². The molecule has 0 spiro atoms. The minimum Gasteiger partial charge on any atom is -0.490 e. The molecule has 0 radical (unpaired) electrons. The van der Waals surface area contributed by atoms with Crippen molar-refractivity contribution in [3.8, 4) is 11.5 Å². The van der Waals surface area contributed by atoms with Crippen molar-refractivity contribution in [2.45, 2.75) is 38.9 Å². The Labute approximate surface area is 132 Å². The molecule has 0 N–H and O–H groups in total. The summed E-state index contributed by atoms with van der Waals surface area (Å²) in [5.74, 6) is 0.550. The molecular formula is C17H18O6. The van der Waals surface area contributed by atoms with Gasteiger partial charge < -0.3 is 18.6 Å². The van der Waals surface area contributed by atoms with Crippen LogP contribution >= 0.6 is 0 Å². The third-order valence-corrected chi connectivity index (χ3v) is 3.95. The summed E-state index contributed by atoms with van der Waals surface area (Å²) in [6, 6.07) is 4.96. The van der Waals surface area contributed by atoms with E-state index in [2.05, 4.69) is 0 Å². The van der Waals surface area contributed by atoms with Gasteiger partial charge in [-0.3, -0.25) is 4.79 Å². The first-order valence-electron chi connectivity index (χ1n) is 7.32. The van der Waals surface area contributed by atoms with Gasteiger partial charge in [0.2, 0.25) is 5.75 Å². The summed E-state index contributed by atoms with van der Waals surface area (Å²) in [4.78, 5) is 22.8. The van der Waals surface area contributed by atoms with Gasteiger partial charge in [-0.25, -0.2) is 4.79 Å². The second-order valence-corrected chi connectivity index (χ2v) is 6.08. The van der Waals surface area contributed by atoms with Gasteiger partial charge in [0.15, 0.2) is 11.3 Å². The number of methoxy groups -OCH3 is 1. The predicted molar refractivity (Wildman–Crippen MR) is 83.0 cm³/mol. The summed E-state index contributed by atoms with van der Waals surface area (Å²) < 4.78 is 22.0. The fraction of sp³-hybridized carbons (Fsp3) is 0.412. The van der Waals surface area contributed by atoms with E-state index >= 15 is 0 Å². The van der Waals surface area contributed by atoms with Crippen LogP contribution in [0.5, 0.6) is 11.5 Å². The van der Waals surface area contributed by atoms with Crippen LogP contribution in [0.3, 0.4) is 0 Å². The number of ether oxygens (including phenoxy) is 3. The first-order chi connectivity index (χ1) is 10.8. The van der Waals surface area contributed by atoms with E-state index in [4.69, 9.17) is 18.6 Å². The smallest absolute Gasteiger partial charge is 0.336 e. The molecule has 0 saturated carbocycles. The molecule has 0 bridgehead atoms. The molecule has 3 rings (SSSR count). The van der Waals surface area contributed by atoms with Gasteiger partial charge in [-0.05, 0) is 26.0 Å². The molecule has 0 aliphatic carbocycles. The Morgan fingerprint density at radius 2 is 2.09 bits per heavy atom. The number of carbonyl (C=O) groups is 1. The molecule has 1 aliphatic rings. The largest absolute Gasteiger partial charge is 0.490 e. The molecule has 2 aromatic rings. The van der Waals surface area contributed by atoms with E-state index in [9.17, 15) is 9.59 Å². The Hall–Kier alpha value is -2.50. The number of rotatable bonds is 3. The van der Waals surface area contributed by atoms with Crippen molar-refractivity contribution in [3.63, 3.8) is 0 Å². The fourth-order valence-corrected chi connectivity index (χ4v) is 2.89. The van der Waals surface area contributed by atoms with E-state index in [1.165, 1.54) is 20.1 Å². The zero-order valence-corrected chi connectivity index (χ0v) is 13.5. The molecule has 0 amide bonds. The van der Waals surface area contributed by atoms with Crippen molar-refractivity contribution < 1.29 is 23.4 Å². The summed E-state index contributed by atoms with van der Waals surface area (Å²) >= 11 is 0. The number of fused-ring (bicyclic) bond motifs is 2. The van der Waals surface area contributed by atoms with E-state index in [0.717, 1.165) is 10.9 Å². The molecule has 1 aromatic carbocycles. The molecular weight excluding hydrogens is 300 g/mol.